The van der Waals surface area contributed by atoms with Gasteiger partial charge in [-0.15, -0.1) is 0 Å². The molecule has 2 aromatic carbocycles. The molecule has 6 nitrogen and oxygen atoms in total. The van der Waals surface area contributed by atoms with E-state index in [1.54, 1.807) is 19.2 Å². The molecule has 1 N–H and O–H groups in total. The smallest absolute Gasteiger partial charge is 0.313 e. The topological polar surface area (TPSA) is 95.3 Å². The zero-order valence-electron chi connectivity index (χ0n) is 12.9. The van der Waals surface area contributed by atoms with E-state index in [9.17, 15) is 9.90 Å². The second-order valence-electron chi connectivity index (χ2n) is 5.11. The highest BCUT2D eigenvalue weighted by Gasteiger charge is 2.30. The van der Waals surface area contributed by atoms with Gasteiger partial charge in [-0.3, -0.25) is 4.79 Å². The van der Waals surface area contributed by atoms with Gasteiger partial charge in [0.15, 0.2) is 0 Å². The lowest BCUT2D eigenvalue weighted by Gasteiger charge is -2.22. The lowest BCUT2D eigenvalue weighted by molar-refractivity contribution is -0.138. The summed E-state index contributed by atoms with van der Waals surface area (Å²) in [6.07, 6.45) is 0. The number of azide groups is 1. The number of ether oxygens (including phenoxy) is 1. The fraction of sp³-hybridized carbons (Fsp3) is 0.235. The fourth-order valence-corrected chi connectivity index (χ4v) is 2.63. The van der Waals surface area contributed by atoms with Crippen molar-refractivity contribution in [2.24, 2.45) is 5.11 Å². The summed E-state index contributed by atoms with van der Waals surface area (Å²) in [7, 11) is 1.58. The van der Waals surface area contributed by atoms with Crippen LogP contribution in [-0.4, -0.2) is 24.2 Å². The Morgan fingerprint density at radius 3 is 2.43 bits per heavy atom. The van der Waals surface area contributed by atoms with E-state index in [0.29, 0.717) is 0 Å². The molecule has 0 aliphatic rings. The van der Waals surface area contributed by atoms with Gasteiger partial charge in [0.25, 0.3) is 0 Å². The summed E-state index contributed by atoms with van der Waals surface area (Å²) < 4.78 is 5.24. The summed E-state index contributed by atoms with van der Waals surface area (Å²) in [6.45, 7) is 1.88. The molecule has 0 bridgehead atoms. The fourth-order valence-electron chi connectivity index (χ4n) is 2.63. The summed E-state index contributed by atoms with van der Waals surface area (Å²) in [6, 6.07) is 13.4. The van der Waals surface area contributed by atoms with Crippen LogP contribution in [-0.2, 0) is 4.79 Å². The summed E-state index contributed by atoms with van der Waals surface area (Å²) in [5.74, 6) is -1.02. The number of methoxy groups -OCH3 is 1. The third-order valence-electron chi connectivity index (χ3n) is 3.68. The predicted octanol–water partition coefficient (Wildman–Crippen LogP) is 3.90. The molecule has 0 aliphatic heterocycles. The summed E-state index contributed by atoms with van der Waals surface area (Å²) >= 11 is 0. The Hall–Kier alpha value is -2.98. The minimum absolute atomic E-state index is 0.575. The zero-order chi connectivity index (χ0) is 16.8. The van der Waals surface area contributed by atoms with Gasteiger partial charge in [-0.1, -0.05) is 47.6 Å². The molecular formula is C17H17N3O3. The molecule has 118 valence electrons. The first-order valence-electron chi connectivity index (χ1n) is 7.05. The minimum atomic E-state index is -1.23. The number of carbonyl (C=O) groups is 1. The average Bonchev–Trinajstić information content (AvgIpc) is 2.55. The number of benzene rings is 2. The van der Waals surface area contributed by atoms with E-state index in [1.807, 2.05) is 43.3 Å². The predicted molar refractivity (Wildman–Crippen MR) is 86.6 cm³/mol. The Labute approximate surface area is 134 Å². The lowest BCUT2D eigenvalue weighted by atomic mass is 9.84. The van der Waals surface area contributed by atoms with Crippen LogP contribution in [0.3, 0.4) is 0 Å². The first kappa shape index (κ1) is 16.4. The first-order chi connectivity index (χ1) is 11.1. The van der Waals surface area contributed by atoms with Crippen LogP contribution in [0.2, 0.25) is 0 Å². The lowest BCUT2D eigenvalue weighted by Crippen LogP contribution is -2.26. The highest BCUT2D eigenvalue weighted by Crippen LogP contribution is 2.33. The molecule has 2 aromatic rings. The van der Waals surface area contributed by atoms with Crippen LogP contribution in [0.4, 0.5) is 0 Å². The monoisotopic (exact) mass is 311 g/mol. The largest absolute Gasteiger partial charge is 0.496 e. The molecule has 0 amide bonds. The van der Waals surface area contributed by atoms with Gasteiger partial charge in [0.1, 0.15) is 11.8 Å². The molecule has 0 aromatic heterocycles. The van der Waals surface area contributed by atoms with Crippen molar-refractivity contribution in [2.45, 2.75) is 18.9 Å². The second-order valence-corrected chi connectivity index (χ2v) is 5.11. The van der Waals surface area contributed by atoms with Crippen LogP contribution in [0.1, 0.15) is 22.6 Å². The van der Waals surface area contributed by atoms with Gasteiger partial charge in [-0.05, 0) is 35.2 Å². The third-order valence-corrected chi connectivity index (χ3v) is 3.68. The SMILES string of the molecule is COc1ccc([C@@H](c2ccccc2)[C@H](N=[N+]=[N-])C(=O)O)cc1C. The van der Waals surface area contributed by atoms with E-state index in [2.05, 4.69) is 10.0 Å². The summed E-state index contributed by atoms with van der Waals surface area (Å²) in [5, 5.41) is 13.0. The number of nitrogens with zero attached hydrogens (tertiary/aromatic N) is 3. The number of carboxylic acids is 1. The molecule has 0 aliphatic carbocycles. The van der Waals surface area contributed by atoms with Crippen LogP contribution in [0.5, 0.6) is 5.75 Å². The quantitative estimate of drug-likeness (QED) is 0.498. The van der Waals surface area contributed by atoms with E-state index < -0.39 is 17.9 Å². The van der Waals surface area contributed by atoms with Gasteiger partial charge in [-0.2, -0.15) is 0 Å². The zero-order valence-corrected chi connectivity index (χ0v) is 12.9. The molecule has 0 saturated carbocycles. The van der Waals surface area contributed by atoms with E-state index in [0.717, 1.165) is 22.4 Å². The molecule has 0 fully saturated rings. The number of rotatable bonds is 6. The van der Waals surface area contributed by atoms with Crippen molar-refractivity contribution in [2.75, 3.05) is 7.11 Å². The highest BCUT2D eigenvalue weighted by atomic mass is 16.5. The number of aliphatic carboxylic acids is 1. The van der Waals surface area contributed by atoms with E-state index in [4.69, 9.17) is 10.3 Å². The van der Waals surface area contributed by atoms with Crippen molar-refractivity contribution in [1.82, 2.24) is 0 Å². The first-order valence-corrected chi connectivity index (χ1v) is 7.05. The van der Waals surface area contributed by atoms with Crippen molar-refractivity contribution in [3.8, 4) is 5.75 Å². The van der Waals surface area contributed by atoms with Gasteiger partial charge in [0, 0.05) is 10.8 Å². The Kier molecular flexibility index (Phi) is 5.23. The number of hydrogen-bond acceptors (Lipinski definition) is 3. The van der Waals surface area contributed by atoms with Crippen LogP contribution < -0.4 is 4.74 Å². The maximum Gasteiger partial charge on any atom is 0.313 e. The summed E-state index contributed by atoms with van der Waals surface area (Å²) in [5.41, 5.74) is 11.2. The molecule has 23 heavy (non-hydrogen) atoms. The summed E-state index contributed by atoms with van der Waals surface area (Å²) in [4.78, 5) is 14.3. The minimum Gasteiger partial charge on any atom is -0.496 e. The van der Waals surface area contributed by atoms with Crippen molar-refractivity contribution in [3.05, 3.63) is 75.7 Å². The highest BCUT2D eigenvalue weighted by molar-refractivity contribution is 5.76. The van der Waals surface area contributed by atoms with Gasteiger partial charge >= 0.3 is 5.97 Å². The normalized spacial score (nSPS) is 12.8. The van der Waals surface area contributed by atoms with Gasteiger partial charge in [0.2, 0.25) is 0 Å². The maximum atomic E-state index is 11.6. The van der Waals surface area contributed by atoms with Gasteiger partial charge in [0.05, 0.1) is 7.11 Å². The molecule has 0 saturated heterocycles. The molecule has 0 spiro atoms. The van der Waals surface area contributed by atoms with Crippen LogP contribution in [0.15, 0.2) is 53.6 Å². The number of aryl methyl sites for hydroxylation is 1. The molecule has 0 unspecified atom stereocenters. The Bertz CT molecular complexity index is 738. The van der Waals surface area contributed by atoms with E-state index in [-0.39, 0.29) is 0 Å². The van der Waals surface area contributed by atoms with Crippen molar-refractivity contribution >= 4 is 5.97 Å². The Balaban J connectivity index is 2.60. The van der Waals surface area contributed by atoms with Crippen LogP contribution in [0, 0.1) is 6.92 Å². The molecule has 0 heterocycles. The molecule has 6 heteroatoms. The average molecular weight is 311 g/mol. The molecule has 2 rings (SSSR count). The van der Waals surface area contributed by atoms with Gasteiger partial charge < -0.3 is 9.84 Å². The van der Waals surface area contributed by atoms with Crippen molar-refractivity contribution in [3.63, 3.8) is 0 Å². The number of hydrogen-bond donors (Lipinski definition) is 1. The van der Waals surface area contributed by atoms with Gasteiger partial charge in [-0.25, -0.2) is 0 Å². The van der Waals surface area contributed by atoms with Crippen LogP contribution in [0.25, 0.3) is 10.4 Å². The van der Waals surface area contributed by atoms with Crippen LogP contribution >= 0.6 is 0 Å². The Morgan fingerprint density at radius 1 is 1.22 bits per heavy atom. The Morgan fingerprint density at radius 2 is 1.91 bits per heavy atom. The molecule has 2 atom stereocenters. The second kappa shape index (κ2) is 7.33. The number of carboxylic acid groups (broad SMARTS) is 1. The van der Waals surface area contributed by atoms with E-state index >= 15 is 0 Å². The maximum absolute atomic E-state index is 11.6. The van der Waals surface area contributed by atoms with Crippen molar-refractivity contribution < 1.29 is 14.6 Å². The third kappa shape index (κ3) is 3.62. The van der Waals surface area contributed by atoms with E-state index in [1.165, 1.54) is 0 Å². The van der Waals surface area contributed by atoms with Crippen molar-refractivity contribution in [1.29, 1.82) is 0 Å². The molecular weight excluding hydrogens is 294 g/mol. The standard InChI is InChI=1S/C17H17N3O3/c1-11-10-13(8-9-14(11)23-2)15(12-6-4-3-5-7-12)16(17(21)22)19-20-18/h3-10,15-16H,1-2H3,(H,21,22)/t15-,16+/m1/s1. The molecule has 0 radical (unpaired) electrons.